The summed E-state index contributed by atoms with van der Waals surface area (Å²) in [6.07, 6.45) is -7.54. The number of rotatable bonds is 2. The number of ketones is 2. The van der Waals surface area contributed by atoms with Gasteiger partial charge in [-0.25, -0.2) is 0 Å². The molecule has 2 heterocycles. The zero-order valence-corrected chi connectivity index (χ0v) is 16.8. The molecule has 10 nitrogen and oxygen atoms in total. The molecule has 0 unspecified atom stereocenters. The van der Waals surface area contributed by atoms with Gasteiger partial charge in [-0.15, -0.1) is 0 Å². The van der Waals surface area contributed by atoms with Gasteiger partial charge in [-0.2, -0.15) is 0 Å². The number of aromatic hydroxyl groups is 1. The van der Waals surface area contributed by atoms with Gasteiger partial charge in [-0.1, -0.05) is 12.1 Å². The monoisotopic (exact) mass is 434 g/mol. The SMILES string of the molecule is COC(=O)C[C@@H]1O[C@@]2(O[C@@H](C)C[C@H](O)[C@@H]2O)C2=C(C(=O)c3cccc(O)c3C2=O)[C@@H]1O. The van der Waals surface area contributed by atoms with Crippen LogP contribution in [0.15, 0.2) is 29.3 Å². The molecule has 2 aliphatic heterocycles. The Morgan fingerprint density at radius 1 is 1.19 bits per heavy atom. The molecule has 1 fully saturated rings. The third-order valence-electron chi connectivity index (χ3n) is 5.88. The molecule has 4 rings (SSSR count). The van der Waals surface area contributed by atoms with Gasteiger partial charge >= 0.3 is 5.97 Å². The van der Waals surface area contributed by atoms with Gasteiger partial charge in [0, 0.05) is 17.6 Å². The summed E-state index contributed by atoms with van der Waals surface area (Å²) >= 11 is 0. The van der Waals surface area contributed by atoms with Gasteiger partial charge in [0.2, 0.25) is 5.79 Å². The molecule has 0 saturated carbocycles. The maximum absolute atomic E-state index is 13.5. The number of fused-ring (bicyclic) bond motifs is 2. The number of benzene rings is 1. The fourth-order valence-electron chi connectivity index (χ4n) is 4.48. The van der Waals surface area contributed by atoms with Crippen LogP contribution in [0.2, 0.25) is 0 Å². The Hall–Kier alpha value is -2.63. The summed E-state index contributed by atoms with van der Waals surface area (Å²) < 4.78 is 16.2. The summed E-state index contributed by atoms with van der Waals surface area (Å²) in [6, 6.07) is 3.91. The summed E-state index contributed by atoms with van der Waals surface area (Å²) in [4.78, 5) is 38.6. The van der Waals surface area contributed by atoms with E-state index in [1.54, 1.807) is 6.92 Å². The normalized spacial score (nSPS) is 35.1. The zero-order valence-electron chi connectivity index (χ0n) is 16.8. The fourth-order valence-corrected chi connectivity index (χ4v) is 4.48. The predicted octanol–water partition coefficient (Wildman–Crippen LogP) is -0.383. The van der Waals surface area contributed by atoms with Crippen molar-refractivity contribution in [2.75, 3.05) is 7.11 Å². The van der Waals surface area contributed by atoms with Crippen molar-refractivity contribution in [1.82, 2.24) is 0 Å². The standard InChI is InChI=1S/C21H22O10/c1-8-6-11(23)20(28)21(30-8)16-15(18(26)12(31-21)7-13(24)29-2)17(25)9-4-3-5-10(22)14(9)19(16)27/h3-5,8,11-12,18,20,22-23,26,28H,6-7H2,1-2H3/t8-,11-,12-,18+,20-,21-/m0/s1. The van der Waals surface area contributed by atoms with Crippen LogP contribution in [-0.2, 0) is 19.0 Å². The second kappa shape index (κ2) is 7.50. The molecule has 1 saturated heterocycles. The second-order valence-corrected chi connectivity index (χ2v) is 7.87. The number of carbonyl (C=O) groups is 3. The molecule has 3 aliphatic rings. The Labute approximate surface area is 176 Å². The van der Waals surface area contributed by atoms with E-state index in [1.165, 1.54) is 18.2 Å². The van der Waals surface area contributed by atoms with Gasteiger partial charge in [0.1, 0.15) is 24.1 Å². The van der Waals surface area contributed by atoms with Crippen LogP contribution in [-0.4, -0.2) is 81.4 Å². The average molecular weight is 434 g/mol. The van der Waals surface area contributed by atoms with Crippen molar-refractivity contribution in [2.45, 2.75) is 56.1 Å². The first-order valence-corrected chi connectivity index (χ1v) is 9.75. The Morgan fingerprint density at radius 3 is 2.58 bits per heavy atom. The number of ether oxygens (including phenoxy) is 3. The number of esters is 1. The third-order valence-corrected chi connectivity index (χ3v) is 5.88. The maximum atomic E-state index is 13.5. The molecule has 1 spiro atoms. The van der Waals surface area contributed by atoms with Crippen molar-refractivity contribution in [3.8, 4) is 5.75 Å². The maximum Gasteiger partial charge on any atom is 0.308 e. The molecular formula is C21H22O10. The predicted molar refractivity (Wildman–Crippen MR) is 101 cm³/mol. The summed E-state index contributed by atoms with van der Waals surface area (Å²) in [6.45, 7) is 1.57. The lowest BCUT2D eigenvalue weighted by molar-refractivity contribution is -0.340. The van der Waals surface area contributed by atoms with Crippen LogP contribution < -0.4 is 0 Å². The number of methoxy groups -OCH3 is 1. The van der Waals surface area contributed by atoms with Gasteiger partial charge in [0.15, 0.2) is 11.6 Å². The van der Waals surface area contributed by atoms with Crippen LogP contribution in [0.1, 0.15) is 40.5 Å². The number of phenolic OH excluding ortho intramolecular Hbond substituents is 1. The summed E-state index contributed by atoms with van der Waals surface area (Å²) in [5.74, 6) is -5.25. The first kappa shape index (κ1) is 21.6. The minimum atomic E-state index is -2.34. The van der Waals surface area contributed by atoms with Crippen molar-refractivity contribution in [1.29, 1.82) is 0 Å². The highest BCUT2D eigenvalue weighted by Crippen LogP contribution is 2.48. The van der Waals surface area contributed by atoms with Gasteiger partial charge < -0.3 is 34.6 Å². The fraction of sp³-hybridized carbons (Fsp3) is 0.476. The summed E-state index contributed by atoms with van der Waals surface area (Å²) in [5.41, 5.74) is -1.38. The van der Waals surface area contributed by atoms with Crippen LogP contribution >= 0.6 is 0 Å². The van der Waals surface area contributed by atoms with E-state index in [9.17, 15) is 34.8 Å². The van der Waals surface area contributed by atoms with E-state index in [4.69, 9.17) is 9.47 Å². The zero-order chi connectivity index (χ0) is 22.7. The molecule has 1 aromatic rings. The van der Waals surface area contributed by atoms with Crippen molar-refractivity contribution < 1.29 is 49.0 Å². The van der Waals surface area contributed by atoms with Crippen LogP contribution in [0.4, 0.5) is 0 Å². The van der Waals surface area contributed by atoms with Gasteiger partial charge in [0.25, 0.3) is 0 Å². The van der Waals surface area contributed by atoms with Crippen molar-refractivity contribution in [2.24, 2.45) is 0 Å². The van der Waals surface area contributed by atoms with Crippen molar-refractivity contribution in [3.05, 3.63) is 40.5 Å². The minimum Gasteiger partial charge on any atom is -0.507 e. The minimum absolute atomic E-state index is 0.0170. The van der Waals surface area contributed by atoms with Crippen molar-refractivity contribution >= 4 is 17.5 Å². The van der Waals surface area contributed by atoms with Crippen molar-refractivity contribution in [3.63, 3.8) is 0 Å². The van der Waals surface area contributed by atoms with Crippen LogP contribution in [0.25, 0.3) is 0 Å². The molecule has 4 N–H and O–H groups in total. The molecule has 0 amide bonds. The molecule has 31 heavy (non-hydrogen) atoms. The number of hydrogen-bond acceptors (Lipinski definition) is 10. The van der Waals surface area contributed by atoms with E-state index in [2.05, 4.69) is 4.74 Å². The number of phenols is 1. The van der Waals surface area contributed by atoms with Crippen LogP contribution in [0.3, 0.4) is 0 Å². The lowest BCUT2D eigenvalue weighted by atomic mass is 9.72. The number of hydrogen-bond donors (Lipinski definition) is 4. The first-order chi connectivity index (χ1) is 14.6. The molecule has 0 radical (unpaired) electrons. The number of carbonyl (C=O) groups excluding carboxylic acids is 3. The molecule has 0 aromatic heterocycles. The molecular weight excluding hydrogens is 412 g/mol. The van der Waals surface area contributed by atoms with E-state index in [-0.39, 0.29) is 17.5 Å². The second-order valence-electron chi connectivity index (χ2n) is 7.87. The molecule has 1 aromatic carbocycles. The molecule has 0 bridgehead atoms. The van der Waals surface area contributed by atoms with E-state index in [0.717, 1.165) is 7.11 Å². The van der Waals surface area contributed by atoms with E-state index >= 15 is 0 Å². The van der Waals surface area contributed by atoms with E-state index in [0.29, 0.717) is 0 Å². The third kappa shape index (κ3) is 3.10. The summed E-state index contributed by atoms with van der Waals surface area (Å²) in [7, 11) is 1.13. The molecule has 1 aliphatic carbocycles. The van der Waals surface area contributed by atoms with Gasteiger partial charge in [0.05, 0.1) is 36.9 Å². The quantitative estimate of drug-likeness (QED) is 0.452. The Balaban J connectivity index is 1.96. The first-order valence-electron chi connectivity index (χ1n) is 9.75. The summed E-state index contributed by atoms with van der Waals surface area (Å²) in [5, 5.41) is 42.4. The average Bonchev–Trinajstić information content (AvgIpc) is 2.72. The Kier molecular flexibility index (Phi) is 5.23. The Bertz CT molecular complexity index is 998. The highest BCUT2D eigenvalue weighted by Gasteiger charge is 2.62. The number of aliphatic hydroxyl groups excluding tert-OH is 3. The van der Waals surface area contributed by atoms with E-state index in [1.807, 2.05) is 0 Å². The molecule has 6 atom stereocenters. The largest absolute Gasteiger partial charge is 0.507 e. The highest BCUT2D eigenvalue weighted by molar-refractivity contribution is 6.29. The smallest absolute Gasteiger partial charge is 0.308 e. The number of Topliss-reactive ketones (excluding diaryl/α,β-unsaturated/α-hetero) is 2. The topological polar surface area (TPSA) is 160 Å². The molecule has 10 heteroatoms. The Morgan fingerprint density at radius 2 is 1.90 bits per heavy atom. The van der Waals surface area contributed by atoms with Crippen LogP contribution in [0.5, 0.6) is 5.75 Å². The highest BCUT2D eigenvalue weighted by atomic mass is 16.7. The van der Waals surface area contributed by atoms with Gasteiger partial charge in [-0.3, -0.25) is 14.4 Å². The molecule has 166 valence electrons. The van der Waals surface area contributed by atoms with E-state index < -0.39 is 77.2 Å². The van der Waals surface area contributed by atoms with Crippen LogP contribution in [0, 0.1) is 0 Å². The number of aliphatic hydroxyl groups is 3. The lowest BCUT2D eigenvalue weighted by Gasteiger charge is -2.52. The lowest BCUT2D eigenvalue weighted by Crippen LogP contribution is -2.66. The van der Waals surface area contributed by atoms with Gasteiger partial charge in [-0.05, 0) is 13.0 Å².